The van der Waals surface area contributed by atoms with Gasteiger partial charge in [0, 0.05) is 0 Å². The molecule has 0 spiro atoms. The van der Waals surface area contributed by atoms with E-state index in [0.717, 1.165) is 0 Å². The van der Waals surface area contributed by atoms with Gasteiger partial charge in [-0.05, 0) is 0 Å². The molecule has 0 aliphatic carbocycles. The third-order valence-electron chi connectivity index (χ3n) is 0. The van der Waals surface area contributed by atoms with Gasteiger partial charge in [0.1, 0.15) is 0 Å². The molecule has 0 rings (SSSR count). The van der Waals surface area contributed by atoms with Crippen molar-refractivity contribution in [3.05, 3.63) is 0 Å². The average molecular weight is 819 g/mol. The van der Waals surface area contributed by atoms with Gasteiger partial charge >= 0.3 is 34.7 Å². The molecule has 0 aliphatic rings. The molecule has 0 unspecified atom stereocenters. The third-order valence-corrected chi connectivity index (χ3v) is 0. The summed E-state index contributed by atoms with van der Waals surface area (Å²) in [5, 5.41) is 102. The van der Waals surface area contributed by atoms with Gasteiger partial charge in [0.25, 0.3) is 0 Å². The number of hydrogen-bond acceptors (Lipinski definition) is 24. The maximum Gasteiger partial charge on any atom is 6.00 e. The van der Waals surface area contributed by atoms with Crippen molar-refractivity contribution in [1.82, 2.24) is 0 Å². The van der Waals surface area contributed by atoms with E-state index < -0.39 is 0 Å². The second-order valence-electron chi connectivity index (χ2n) is 1.10. The second kappa shape index (κ2) is 466. The number of hydrogen-bond donors (Lipinski definition) is 0. The van der Waals surface area contributed by atoms with Gasteiger partial charge < -0.3 is 157 Å². The van der Waals surface area contributed by atoms with Gasteiger partial charge in [0.15, 0.2) is 0 Å². The van der Waals surface area contributed by atoms with E-state index >= 15 is 0 Å². The molecular formula is C12H2Cr2N12OS12. The SMILES string of the molecule is N#C[S-].N#C[S-].N#C[S-].N#C[S-].N#C[S-].N#C[S-].N#C[S-].N#C[S-].N#C[S-].N#C[S-].N#C[S-].N#C[S-].O.[Cr+6].[Cr+6]. The van der Waals surface area contributed by atoms with Crippen LogP contribution >= 0.6 is 0 Å². The van der Waals surface area contributed by atoms with Gasteiger partial charge in [-0.2, -0.15) is 0 Å². The molecule has 0 saturated carbocycles. The smallest absolute Gasteiger partial charge is 0.696 e. The largest absolute Gasteiger partial charge is 6.00 e. The van der Waals surface area contributed by atoms with Crippen LogP contribution in [-0.2, 0) is 186 Å². The van der Waals surface area contributed by atoms with Crippen LogP contribution in [0.2, 0.25) is 0 Å². The molecule has 0 saturated heterocycles. The zero-order valence-corrected chi connectivity index (χ0v) is 29.9. The van der Waals surface area contributed by atoms with Crippen molar-refractivity contribution >= 4 is 152 Å². The van der Waals surface area contributed by atoms with E-state index in [1.807, 2.05) is 0 Å². The topological polar surface area (TPSA) is 317 Å². The van der Waals surface area contributed by atoms with Crippen LogP contribution in [0.4, 0.5) is 0 Å². The molecule has 0 amide bonds. The average Bonchev–Trinajstić information content (AvgIpc) is 2.75. The first-order chi connectivity index (χ1) is 17.0. The van der Waals surface area contributed by atoms with E-state index in [2.05, 4.69) is 152 Å². The van der Waals surface area contributed by atoms with Crippen LogP contribution in [0.15, 0.2) is 0 Å². The Morgan fingerprint density at radius 2 is 0.205 bits per heavy atom. The molecule has 13 nitrogen and oxygen atoms in total. The fourth-order valence-electron chi connectivity index (χ4n) is 0. The minimum Gasteiger partial charge on any atom is -0.696 e. The Kier molecular flexibility index (Phi) is 1190. The third kappa shape index (κ3) is 6640. The number of thiocyanates is 12. The Balaban J connectivity index is -0.0000000123. The molecule has 0 aromatic heterocycles. The maximum atomic E-state index is 7.13. The molecule has 0 bridgehead atoms. The fourth-order valence-corrected chi connectivity index (χ4v) is 0. The van der Waals surface area contributed by atoms with Crippen molar-refractivity contribution in [1.29, 1.82) is 63.1 Å². The minimum absolute atomic E-state index is 0. The van der Waals surface area contributed by atoms with E-state index in [1.54, 1.807) is 0 Å². The summed E-state index contributed by atoms with van der Waals surface area (Å²) in [5.74, 6) is 0. The summed E-state index contributed by atoms with van der Waals surface area (Å²) in [5.41, 5.74) is 0. The van der Waals surface area contributed by atoms with Crippen molar-refractivity contribution in [3.63, 3.8) is 0 Å². The summed E-state index contributed by atoms with van der Waals surface area (Å²) in [7, 11) is 0. The van der Waals surface area contributed by atoms with Crippen molar-refractivity contribution in [3.8, 4) is 64.8 Å². The molecule has 0 atom stereocenters. The Bertz CT molecular complexity index is 591. The first-order valence-corrected chi connectivity index (χ1v) is 10.0. The van der Waals surface area contributed by atoms with Gasteiger partial charge in [0.2, 0.25) is 0 Å². The summed E-state index contributed by atoms with van der Waals surface area (Å²) in [4.78, 5) is 0. The van der Waals surface area contributed by atoms with E-state index in [9.17, 15) is 0 Å². The van der Waals surface area contributed by atoms with Crippen LogP contribution in [0.1, 0.15) is 0 Å². The molecule has 200 valence electrons. The first-order valence-electron chi connectivity index (χ1n) is 5.13. The van der Waals surface area contributed by atoms with Crippen LogP contribution in [-0.4, -0.2) is 5.48 Å². The van der Waals surface area contributed by atoms with Crippen molar-refractivity contribution < 1.29 is 40.2 Å². The predicted octanol–water partition coefficient (Wildman–Crippen LogP) is -0.657. The predicted molar refractivity (Wildman–Crippen MR) is 159 cm³/mol. The van der Waals surface area contributed by atoms with Gasteiger partial charge in [-0.1, -0.05) is 64.8 Å². The van der Waals surface area contributed by atoms with Gasteiger partial charge in [-0.25, -0.2) is 63.1 Å². The van der Waals surface area contributed by atoms with Crippen LogP contribution < -0.4 is 0 Å². The van der Waals surface area contributed by atoms with Crippen molar-refractivity contribution in [2.24, 2.45) is 0 Å². The normalized spacial score (nSPS) is 2.15. The molecule has 0 heterocycles. The zero-order chi connectivity index (χ0) is 32.5. The van der Waals surface area contributed by atoms with E-state index in [1.165, 1.54) is 64.8 Å². The Labute approximate surface area is 316 Å². The zero-order valence-electron chi connectivity index (χ0n) is 17.6. The van der Waals surface area contributed by atoms with E-state index in [4.69, 9.17) is 63.1 Å². The molecule has 0 radical (unpaired) electrons. The molecule has 0 fully saturated rings. The summed E-state index contributed by atoms with van der Waals surface area (Å²) in [6.45, 7) is 0. The minimum atomic E-state index is 0. The van der Waals surface area contributed by atoms with Crippen LogP contribution in [0.25, 0.3) is 0 Å². The summed E-state index contributed by atoms with van der Waals surface area (Å²) < 4.78 is 0. The van der Waals surface area contributed by atoms with Gasteiger partial charge in [-0.15, -0.1) is 0 Å². The molecule has 27 heteroatoms. The van der Waals surface area contributed by atoms with E-state index in [-0.39, 0.29) is 40.2 Å². The monoisotopic (exact) mass is 818 g/mol. The number of nitriles is 12. The summed E-state index contributed by atoms with van der Waals surface area (Å²) in [6, 6.07) is 0. The Morgan fingerprint density at radius 3 is 0.205 bits per heavy atom. The van der Waals surface area contributed by atoms with Crippen molar-refractivity contribution in [2.45, 2.75) is 0 Å². The molecule has 0 aliphatic heterocycles. The number of rotatable bonds is 0. The van der Waals surface area contributed by atoms with Crippen molar-refractivity contribution in [2.75, 3.05) is 0 Å². The Morgan fingerprint density at radius 1 is 0.205 bits per heavy atom. The van der Waals surface area contributed by atoms with Gasteiger partial charge in [0.05, 0.1) is 0 Å². The van der Waals surface area contributed by atoms with E-state index in [0.29, 0.717) is 0 Å². The standard InChI is InChI=1S/12CHNS.2Cr.H2O/c12*2-1-3;;;/h12*3H;;;1H2/q;;;;;;;;;;;;2*+6;/p-12. The van der Waals surface area contributed by atoms with Crippen LogP contribution in [0.3, 0.4) is 0 Å². The molecular weight excluding hydrogens is 817 g/mol. The first kappa shape index (κ1) is 99.5. The van der Waals surface area contributed by atoms with Crippen LogP contribution in [0, 0.1) is 128 Å². The Hall–Kier alpha value is -2.46. The molecule has 0 aromatic rings. The van der Waals surface area contributed by atoms with Crippen LogP contribution in [0.5, 0.6) is 0 Å². The summed E-state index contributed by atoms with van der Waals surface area (Å²) in [6.07, 6.45) is 0. The fraction of sp³-hybridized carbons (Fsp3) is 0. The maximum absolute atomic E-state index is 7.13. The summed E-state index contributed by atoms with van der Waals surface area (Å²) >= 11 is 44.4. The molecule has 0 aromatic carbocycles. The van der Waals surface area contributed by atoms with Gasteiger partial charge in [-0.3, -0.25) is 0 Å². The quantitative estimate of drug-likeness (QED) is 0.216. The molecule has 39 heavy (non-hydrogen) atoms. The second-order valence-corrected chi connectivity index (χ2v) is 3.29. The number of nitrogens with zero attached hydrogens (tertiary/aromatic N) is 12. The molecule has 2 N–H and O–H groups in total.